The summed E-state index contributed by atoms with van der Waals surface area (Å²) in [6.45, 7) is 0.122. The SMILES string of the molecule is COc1ccc(Cn2c(=O)n(O)c(=O)c3occ(-c4cccc(OC)c4)c32)cc1. The fourth-order valence-corrected chi connectivity index (χ4v) is 3.22. The van der Waals surface area contributed by atoms with Crippen LogP contribution in [0.3, 0.4) is 0 Å². The van der Waals surface area contributed by atoms with E-state index in [4.69, 9.17) is 13.9 Å². The number of hydrogen-bond acceptors (Lipinski definition) is 6. The molecular formula is C21H18N2O6. The van der Waals surface area contributed by atoms with Gasteiger partial charge in [0, 0.05) is 5.56 Å². The maximum Gasteiger partial charge on any atom is 0.365 e. The molecule has 0 aliphatic carbocycles. The van der Waals surface area contributed by atoms with E-state index in [-0.39, 0.29) is 16.9 Å². The first-order valence-electron chi connectivity index (χ1n) is 8.77. The number of hydrogen-bond donors (Lipinski definition) is 1. The molecule has 0 atom stereocenters. The van der Waals surface area contributed by atoms with E-state index in [1.54, 1.807) is 56.7 Å². The predicted octanol–water partition coefficient (Wildman–Crippen LogP) is 2.73. The Morgan fingerprint density at radius 2 is 1.72 bits per heavy atom. The second-order valence-corrected chi connectivity index (χ2v) is 6.39. The third-order valence-corrected chi connectivity index (χ3v) is 4.71. The van der Waals surface area contributed by atoms with E-state index in [9.17, 15) is 14.8 Å². The number of ether oxygens (including phenoxy) is 2. The zero-order valence-corrected chi connectivity index (χ0v) is 15.8. The Morgan fingerprint density at radius 3 is 2.41 bits per heavy atom. The molecule has 0 fully saturated rings. The number of methoxy groups -OCH3 is 2. The standard InChI is InChI=1S/C21H18N2O6/c1-27-15-8-6-13(7-9-15)11-22-18-17(14-4-3-5-16(10-14)28-2)12-29-19(18)20(24)23(26)21(22)25/h3-10,12,26H,11H2,1-2H3. The van der Waals surface area contributed by atoms with Crippen LogP contribution in [0, 0.1) is 0 Å². The summed E-state index contributed by atoms with van der Waals surface area (Å²) in [6.07, 6.45) is 1.39. The predicted molar refractivity (Wildman–Crippen MR) is 106 cm³/mol. The molecule has 0 aliphatic heterocycles. The van der Waals surface area contributed by atoms with Crippen LogP contribution in [0.15, 0.2) is 68.8 Å². The van der Waals surface area contributed by atoms with Crippen LogP contribution in [0.4, 0.5) is 0 Å². The molecule has 0 spiro atoms. The molecule has 2 aromatic heterocycles. The van der Waals surface area contributed by atoms with Gasteiger partial charge in [-0.25, -0.2) is 4.79 Å². The molecule has 4 aromatic rings. The van der Waals surface area contributed by atoms with Gasteiger partial charge in [-0.05, 0) is 35.4 Å². The van der Waals surface area contributed by atoms with E-state index >= 15 is 0 Å². The average molecular weight is 394 g/mol. The Labute approximate surface area is 164 Å². The second-order valence-electron chi connectivity index (χ2n) is 6.39. The molecule has 2 heterocycles. The number of nitrogens with zero attached hydrogens (tertiary/aromatic N) is 2. The summed E-state index contributed by atoms with van der Waals surface area (Å²) in [7, 11) is 3.12. The zero-order valence-electron chi connectivity index (χ0n) is 15.8. The topological polar surface area (TPSA) is 95.8 Å². The van der Waals surface area contributed by atoms with Crippen molar-refractivity contribution in [2.45, 2.75) is 6.54 Å². The van der Waals surface area contributed by atoms with Crippen molar-refractivity contribution in [2.24, 2.45) is 0 Å². The zero-order chi connectivity index (χ0) is 20.5. The van der Waals surface area contributed by atoms with E-state index in [1.807, 2.05) is 6.07 Å². The molecule has 2 aromatic carbocycles. The minimum atomic E-state index is -0.912. The lowest BCUT2D eigenvalue weighted by molar-refractivity contribution is 0.156. The molecule has 4 rings (SSSR count). The Hall–Kier alpha value is -3.94. The van der Waals surface area contributed by atoms with Crippen molar-refractivity contribution in [1.82, 2.24) is 9.30 Å². The van der Waals surface area contributed by atoms with Crippen molar-refractivity contribution in [3.05, 3.63) is 81.2 Å². The van der Waals surface area contributed by atoms with Gasteiger partial charge in [0.05, 0.1) is 20.8 Å². The molecule has 0 saturated carbocycles. The highest BCUT2D eigenvalue weighted by atomic mass is 16.5. The fourth-order valence-electron chi connectivity index (χ4n) is 3.22. The molecule has 148 valence electrons. The molecule has 1 N–H and O–H groups in total. The largest absolute Gasteiger partial charge is 0.497 e. The molecule has 8 nitrogen and oxygen atoms in total. The normalized spacial score (nSPS) is 11.0. The fraction of sp³-hybridized carbons (Fsp3) is 0.143. The summed E-state index contributed by atoms with van der Waals surface area (Å²) in [5.41, 5.74) is 0.454. The van der Waals surface area contributed by atoms with Gasteiger partial charge in [-0.15, -0.1) is 0 Å². The van der Waals surface area contributed by atoms with Crippen LogP contribution in [-0.2, 0) is 6.54 Å². The summed E-state index contributed by atoms with van der Waals surface area (Å²) < 4.78 is 17.2. The van der Waals surface area contributed by atoms with Gasteiger partial charge in [-0.3, -0.25) is 9.36 Å². The molecular weight excluding hydrogens is 376 g/mol. The van der Waals surface area contributed by atoms with E-state index in [0.29, 0.717) is 28.1 Å². The van der Waals surface area contributed by atoms with Crippen LogP contribution in [-0.4, -0.2) is 28.7 Å². The highest BCUT2D eigenvalue weighted by molar-refractivity contribution is 5.91. The van der Waals surface area contributed by atoms with Crippen molar-refractivity contribution < 1.29 is 19.1 Å². The van der Waals surface area contributed by atoms with Gasteiger partial charge in [0.25, 0.3) is 0 Å². The number of rotatable bonds is 5. The van der Waals surface area contributed by atoms with E-state index in [2.05, 4.69) is 0 Å². The van der Waals surface area contributed by atoms with Crippen LogP contribution in [0.1, 0.15) is 5.56 Å². The third kappa shape index (κ3) is 3.14. The summed E-state index contributed by atoms with van der Waals surface area (Å²) in [4.78, 5) is 25.1. The van der Waals surface area contributed by atoms with Gasteiger partial charge in [0.15, 0.2) is 0 Å². The minimum absolute atomic E-state index is 0.0602. The molecule has 0 amide bonds. The molecule has 0 bridgehead atoms. The molecule has 0 radical (unpaired) electrons. The molecule has 29 heavy (non-hydrogen) atoms. The van der Waals surface area contributed by atoms with Crippen LogP contribution in [0.2, 0.25) is 0 Å². The average Bonchev–Trinajstić information content (AvgIpc) is 3.21. The Morgan fingerprint density at radius 1 is 1.00 bits per heavy atom. The van der Waals surface area contributed by atoms with Crippen molar-refractivity contribution >= 4 is 11.1 Å². The highest BCUT2D eigenvalue weighted by Gasteiger charge is 2.21. The van der Waals surface area contributed by atoms with E-state index < -0.39 is 11.2 Å². The van der Waals surface area contributed by atoms with Gasteiger partial charge in [-0.1, -0.05) is 29.0 Å². The number of fused-ring (bicyclic) bond motifs is 1. The smallest absolute Gasteiger partial charge is 0.365 e. The van der Waals surface area contributed by atoms with Gasteiger partial charge < -0.3 is 19.1 Å². The van der Waals surface area contributed by atoms with Crippen LogP contribution in [0.25, 0.3) is 22.2 Å². The first-order chi connectivity index (χ1) is 14.0. The maximum atomic E-state index is 12.7. The van der Waals surface area contributed by atoms with Crippen molar-refractivity contribution in [3.63, 3.8) is 0 Å². The summed E-state index contributed by atoms with van der Waals surface area (Å²) in [6, 6.07) is 14.3. The summed E-state index contributed by atoms with van der Waals surface area (Å²) in [5, 5.41) is 9.98. The molecule has 0 aliphatic rings. The van der Waals surface area contributed by atoms with Crippen molar-refractivity contribution in [1.29, 1.82) is 0 Å². The minimum Gasteiger partial charge on any atom is -0.497 e. The number of aromatic nitrogens is 2. The van der Waals surface area contributed by atoms with Crippen molar-refractivity contribution in [3.8, 4) is 22.6 Å². The summed E-state index contributed by atoms with van der Waals surface area (Å²) in [5.74, 6) is 1.30. The molecule has 8 heteroatoms. The molecule has 0 unspecified atom stereocenters. The number of furan rings is 1. The van der Waals surface area contributed by atoms with E-state index in [1.165, 1.54) is 10.8 Å². The van der Waals surface area contributed by atoms with E-state index in [0.717, 1.165) is 5.56 Å². The quantitative estimate of drug-likeness (QED) is 0.523. The van der Waals surface area contributed by atoms with Gasteiger partial charge in [0.2, 0.25) is 5.58 Å². The maximum absolute atomic E-state index is 12.7. The van der Waals surface area contributed by atoms with Gasteiger partial charge >= 0.3 is 11.2 Å². The lowest BCUT2D eigenvalue weighted by Gasteiger charge is -2.11. The Kier molecular flexibility index (Phi) is 4.59. The first kappa shape index (κ1) is 18.4. The third-order valence-electron chi connectivity index (χ3n) is 4.71. The Balaban J connectivity index is 1.95. The molecule has 0 saturated heterocycles. The highest BCUT2D eigenvalue weighted by Crippen LogP contribution is 2.31. The lowest BCUT2D eigenvalue weighted by atomic mass is 10.1. The summed E-state index contributed by atoms with van der Waals surface area (Å²) >= 11 is 0. The van der Waals surface area contributed by atoms with Crippen LogP contribution < -0.4 is 20.7 Å². The lowest BCUT2D eigenvalue weighted by Crippen LogP contribution is -2.38. The second kappa shape index (κ2) is 7.23. The van der Waals surface area contributed by atoms with Crippen LogP contribution >= 0.6 is 0 Å². The monoisotopic (exact) mass is 394 g/mol. The van der Waals surface area contributed by atoms with Gasteiger partial charge in [-0.2, -0.15) is 0 Å². The first-order valence-corrected chi connectivity index (χ1v) is 8.77. The van der Waals surface area contributed by atoms with Gasteiger partial charge in [0.1, 0.15) is 23.3 Å². The van der Waals surface area contributed by atoms with Crippen molar-refractivity contribution in [2.75, 3.05) is 14.2 Å². The Bertz CT molecular complexity index is 1300. The van der Waals surface area contributed by atoms with Crippen LogP contribution in [0.5, 0.6) is 11.5 Å². The number of benzene rings is 2.